The van der Waals surface area contributed by atoms with Gasteiger partial charge in [0.1, 0.15) is 5.82 Å². The normalized spacial score (nSPS) is 15.9. The van der Waals surface area contributed by atoms with E-state index in [0.717, 1.165) is 48.5 Å². The van der Waals surface area contributed by atoms with Gasteiger partial charge in [-0.3, -0.25) is 4.68 Å². The molecule has 0 unspecified atom stereocenters. The molecule has 1 fully saturated rings. The highest BCUT2D eigenvalue weighted by molar-refractivity contribution is 6.33. The number of hydrogen-bond donors (Lipinski definition) is 1. The molecule has 25 heavy (non-hydrogen) atoms. The third-order valence-electron chi connectivity index (χ3n) is 4.92. The maximum absolute atomic E-state index is 6.43. The van der Waals surface area contributed by atoms with Gasteiger partial charge in [0, 0.05) is 30.7 Å². The second-order valence-corrected chi connectivity index (χ2v) is 7.14. The van der Waals surface area contributed by atoms with Crippen LogP contribution in [0, 0.1) is 5.92 Å². The summed E-state index contributed by atoms with van der Waals surface area (Å²) >= 11 is 6.43. The zero-order valence-electron chi connectivity index (χ0n) is 14.4. The Bertz CT molecular complexity index is 927. The van der Waals surface area contributed by atoms with E-state index in [2.05, 4.69) is 21.9 Å². The summed E-state index contributed by atoms with van der Waals surface area (Å²) in [6, 6.07) is 7.67. The Morgan fingerprint density at radius 2 is 1.88 bits per heavy atom. The number of fused-ring (bicyclic) bond motifs is 1. The van der Waals surface area contributed by atoms with Crippen LogP contribution in [0.3, 0.4) is 0 Å². The maximum Gasteiger partial charge on any atom is 0.228 e. The van der Waals surface area contributed by atoms with Crippen LogP contribution in [-0.4, -0.2) is 32.8 Å². The average Bonchev–Trinajstić information content (AvgIpc) is 2.90. The van der Waals surface area contributed by atoms with Crippen molar-refractivity contribution in [3.8, 4) is 11.3 Å². The summed E-state index contributed by atoms with van der Waals surface area (Å²) in [5, 5.41) is 5.87. The molecule has 130 valence electrons. The summed E-state index contributed by atoms with van der Waals surface area (Å²) in [6.07, 6.45) is 2.29. The Morgan fingerprint density at radius 3 is 2.60 bits per heavy atom. The van der Waals surface area contributed by atoms with E-state index in [1.165, 1.54) is 0 Å². The molecule has 2 aromatic heterocycles. The van der Waals surface area contributed by atoms with Crippen molar-refractivity contribution in [2.45, 2.75) is 19.8 Å². The summed E-state index contributed by atoms with van der Waals surface area (Å²) in [6.45, 7) is 4.20. The fourth-order valence-corrected chi connectivity index (χ4v) is 3.53. The standard InChI is InChI=1S/C18H21ClN6/c1-11-7-9-25(10-8-11)18-21-15(12-5-3-4-6-13(12)19)14-16(20)24(2)23-17(14)22-18/h3-6,11H,7-10,20H2,1-2H3. The van der Waals surface area contributed by atoms with Crippen molar-refractivity contribution in [1.29, 1.82) is 0 Å². The van der Waals surface area contributed by atoms with E-state index in [1.807, 2.05) is 31.3 Å². The number of halogens is 1. The fourth-order valence-electron chi connectivity index (χ4n) is 3.30. The molecule has 0 bridgehead atoms. The number of piperidine rings is 1. The van der Waals surface area contributed by atoms with Crippen LogP contribution >= 0.6 is 11.6 Å². The SMILES string of the molecule is CC1CCN(c2nc(-c3ccccc3Cl)c3c(N)n(C)nc3n2)CC1. The molecule has 3 aromatic rings. The molecule has 0 saturated carbocycles. The van der Waals surface area contributed by atoms with Crippen LogP contribution in [0.5, 0.6) is 0 Å². The van der Waals surface area contributed by atoms with Crippen molar-refractivity contribution in [2.75, 3.05) is 23.7 Å². The van der Waals surface area contributed by atoms with E-state index in [0.29, 0.717) is 22.4 Å². The number of hydrogen-bond acceptors (Lipinski definition) is 5. The van der Waals surface area contributed by atoms with Gasteiger partial charge in [-0.15, -0.1) is 0 Å². The zero-order chi connectivity index (χ0) is 17.6. The number of nitrogens with zero attached hydrogens (tertiary/aromatic N) is 5. The molecule has 1 saturated heterocycles. The van der Waals surface area contributed by atoms with E-state index in [-0.39, 0.29) is 0 Å². The minimum atomic E-state index is 0.545. The fraction of sp³-hybridized carbons (Fsp3) is 0.389. The Balaban J connectivity index is 1.91. The average molecular weight is 357 g/mol. The molecule has 0 spiro atoms. The minimum absolute atomic E-state index is 0.545. The number of rotatable bonds is 2. The van der Waals surface area contributed by atoms with Gasteiger partial charge in [-0.05, 0) is 24.8 Å². The highest BCUT2D eigenvalue weighted by atomic mass is 35.5. The van der Waals surface area contributed by atoms with Crippen molar-refractivity contribution >= 4 is 34.4 Å². The Kier molecular flexibility index (Phi) is 4.00. The molecule has 0 aliphatic carbocycles. The second-order valence-electron chi connectivity index (χ2n) is 6.73. The van der Waals surface area contributed by atoms with Crippen LogP contribution in [0.1, 0.15) is 19.8 Å². The molecule has 7 heteroatoms. The molecule has 0 amide bonds. The van der Waals surface area contributed by atoms with Crippen molar-refractivity contribution in [3.63, 3.8) is 0 Å². The Labute approximate surface area is 151 Å². The molecule has 3 heterocycles. The molecule has 1 aromatic carbocycles. The maximum atomic E-state index is 6.43. The van der Waals surface area contributed by atoms with Crippen LogP contribution in [0.4, 0.5) is 11.8 Å². The number of aromatic nitrogens is 4. The molecule has 1 aliphatic rings. The van der Waals surface area contributed by atoms with Gasteiger partial charge in [-0.1, -0.05) is 36.7 Å². The molecule has 1 aliphatic heterocycles. The van der Waals surface area contributed by atoms with E-state index >= 15 is 0 Å². The molecule has 4 rings (SSSR count). The van der Waals surface area contributed by atoms with Crippen LogP contribution in [0.2, 0.25) is 5.02 Å². The number of nitrogen functional groups attached to an aromatic ring is 1. The quantitative estimate of drug-likeness (QED) is 0.760. The first-order chi connectivity index (χ1) is 12.0. The zero-order valence-corrected chi connectivity index (χ0v) is 15.2. The first-order valence-corrected chi connectivity index (χ1v) is 8.92. The third kappa shape index (κ3) is 2.80. The predicted molar refractivity (Wildman–Crippen MR) is 102 cm³/mol. The van der Waals surface area contributed by atoms with Gasteiger partial charge in [0.15, 0.2) is 5.65 Å². The molecule has 0 atom stereocenters. The Morgan fingerprint density at radius 1 is 1.16 bits per heavy atom. The monoisotopic (exact) mass is 356 g/mol. The summed E-state index contributed by atoms with van der Waals surface area (Å²) in [5.41, 5.74) is 8.44. The molecule has 6 nitrogen and oxygen atoms in total. The van der Waals surface area contributed by atoms with Crippen LogP contribution in [0.25, 0.3) is 22.3 Å². The predicted octanol–water partition coefficient (Wildman–Crippen LogP) is 3.50. The van der Waals surface area contributed by atoms with E-state index < -0.39 is 0 Å². The summed E-state index contributed by atoms with van der Waals surface area (Å²) in [4.78, 5) is 11.8. The lowest BCUT2D eigenvalue weighted by Gasteiger charge is -2.30. The van der Waals surface area contributed by atoms with E-state index in [1.54, 1.807) is 4.68 Å². The Hall–Kier alpha value is -2.34. The van der Waals surface area contributed by atoms with E-state index in [4.69, 9.17) is 22.3 Å². The number of aryl methyl sites for hydroxylation is 1. The number of benzene rings is 1. The van der Waals surface area contributed by atoms with Gasteiger partial charge < -0.3 is 10.6 Å². The topological polar surface area (TPSA) is 72.9 Å². The first-order valence-electron chi connectivity index (χ1n) is 8.54. The van der Waals surface area contributed by atoms with Crippen molar-refractivity contribution < 1.29 is 0 Å². The van der Waals surface area contributed by atoms with Crippen LogP contribution < -0.4 is 10.6 Å². The van der Waals surface area contributed by atoms with Crippen LogP contribution in [0.15, 0.2) is 24.3 Å². The van der Waals surface area contributed by atoms with E-state index in [9.17, 15) is 0 Å². The molecular weight excluding hydrogens is 336 g/mol. The van der Waals surface area contributed by atoms with Gasteiger partial charge in [-0.25, -0.2) is 4.98 Å². The van der Waals surface area contributed by atoms with Crippen molar-refractivity contribution in [2.24, 2.45) is 13.0 Å². The lowest BCUT2D eigenvalue weighted by Crippen LogP contribution is -2.34. The summed E-state index contributed by atoms with van der Waals surface area (Å²) < 4.78 is 1.64. The molecular formula is C18H21ClN6. The van der Waals surface area contributed by atoms with Gasteiger partial charge >= 0.3 is 0 Å². The summed E-state index contributed by atoms with van der Waals surface area (Å²) in [5.74, 6) is 1.99. The lowest BCUT2D eigenvalue weighted by molar-refractivity contribution is 0.435. The van der Waals surface area contributed by atoms with Gasteiger partial charge in [0.2, 0.25) is 5.95 Å². The number of nitrogens with two attached hydrogens (primary N) is 1. The lowest BCUT2D eigenvalue weighted by atomic mass is 9.99. The van der Waals surface area contributed by atoms with Crippen LogP contribution in [-0.2, 0) is 7.05 Å². The highest BCUT2D eigenvalue weighted by Gasteiger charge is 2.23. The summed E-state index contributed by atoms with van der Waals surface area (Å²) in [7, 11) is 1.82. The van der Waals surface area contributed by atoms with Gasteiger partial charge in [-0.2, -0.15) is 10.1 Å². The highest BCUT2D eigenvalue weighted by Crippen LogP contribution is 2.35. The molecule has 2 N–H and O–H groups in total. The van der Waals surface area contributed by atoms with Crippen molar-refractivity contribution in [3.05, 3.63) is 29.3 Å². The van der Waals surface area contributed by atoms with Gasteiger partial charge in [0.05, 0.1) is 11.1 Å². The third-order valence-corrected chi connectivity index (χ3v) is 5.25. The smallest absolute Gasteiger partial charge is 0.228 e. The largest absolute Gasteiger partial charge is 0.383 e. The van der Waals surface area contributed by atoms with Crippen molar-refractivity contribution in [1.82, 2.24) is 19.7 Å². The minimum Gasteiger partial charge on any atom is -0.383 e. The second kappa shape index (κ2) is 6.19. The number of anilines is 2. The molecule has 0 radical (unpaired) electrons. The first kappa shape index (κ1) is 16.1. The van der Waals surface area contributed by atoms with Gasteiger partial charge in [0.25, 0.3) is 0 Å².